The van der Waals surface area contributed by atoms with Gasteiger partial charge in [-0.2, -0.15) is 0 Å². The molecule has 0 aliphatic carbocycles. The van der Waals surface area contributed by atoms with Crippen molar-refractivity contribution in [2.75, 3.05) is 19.8 Å². The van der Waals surface area contributed by atoms with Crippen molar-refractivity contribution in [2.24, 2.45) is 0 Å². The Kier molecular flexibility index (Phi) is 7.67. The van der Waals surface area contributed by atoms with E-state index in [-0.39, 0.29) is 12.5 Å². The van der Waals surface area contributed by atoms with Crippen molar-refractivity contribution in [2.45, 2.75) is 31.4 Å². The number of hydrogen-bond donors (Lipinski definition) is 2. The zero-order valence-corrected chi connectivity index (χ0v) is 23.0. The SMILES string of the molecule is CSSc1ccc(COC(=O)N(C)Cc2ccc(-c3[nH]c4cc(F)cc5c4c3CCNC5=O)cc2)cc1C. The largest absolute Gasteiger partial charge is 0.445 e. The van der Waals surface area contributed by atoms with Crippen LogP contribution in [0.1, 0.15) is 32.6 Å². The minimum Gasteiger partial charge on any atom is -0.445 e. The van der Waals surface area contributed by atoms with Crippen molar-refractivity contribution in [1.29, 1.82) is 0 Å². The molecule has 2 N–H and O–H groups in total. The normalized spacial score (nSPS) is 12.8. The van der Waals surface area contributed by atoms with Crippen LogP contribution in [0, 0.1) is 12.7 Å². The molecule has 0 radical (unpaired) electrons. The zero-order valence-electron chi connectivity index (χ0n) is 21.4. The average Bonchev–Trinajstić information content (AvgIpc) is 3.17. The summed E-state index contributed by atoms with van der Waals surface area (Å²) < 4.78 is 19.7. The number of nitrogens with one attached hydrogen (secondary N) is 2. The predicted molar refractivity (Wildman–Crippen MR) is 152 cm³/mol. The van der Waals surface area contributed by atoms with Crippen LogP contribution in [0.15, 0.2) is 59.5 Å². The Bertz CT molecular complexity index is 1520. The monoisotopic (exact) mass is 549 g/mol. The lowest BCUT2D eigenvalue weighted by Crippen LogP contribution is -2.26. The first-order valence-electron chi connectivity index (χ1n) is 12.2. The number of rotatable bonds is 7. The number of aryl methyl sites for hydroxylation is 1. The van der Waals surface area contributed by atoms with Crippen LogP contribution < -0.4 is 5.32 Å². The van der Waals surface area contributed by atoms with E-state index >= 15 is 0 Å². The lowest BCUT2D eigenvalue weighted by molar-refractivity contribution is 0.0956. The van der Waals surface area contributed by atoms with Crippen molar-refractivity contribution in [3.63, 3.8) is 0 Å². The topological polar surface area (TPSA) is 74.4 Å². The molecular weight excluding hydrogens is 521 g/mol. The molecule has 196 valence electrons. The van der Waals surface area contributed by atoms with Crippen molar-refractivity contribution in [1.82, 2.24) is 15.2 Å². The van der Waals surface area contributed by atoms with Gasteiger partial charge in [0.2, 0.25) is 0 Å². The van der Waals surface area contributed by atoms with E-state index in [0.29, 0.717) is 30.6 Å². The van der Waals surface area contributed by atoms with Crippen LogP contribution in [0.2, 0.25) is 0 Å². The van der Waals surface area contributed by atoms with Gasteiger partial charge in [-0.1, -0.05) is 58.0 Å². The maximum absolute atomic E-state index is 14.2. The third-order valence-electron chi connectivity index (χ3n) is 6.62. The third-order valence-corrected chi connectivity index (χ3v) is 8.46. The summed E-state index contributed by atoms with van der Waals surface area (Å²) in [5.74, 6) is -0.707. The number of benzene rings is 3. The van der Waals surface area contributed by atoms with E-state index in [0.717, 1.165) is 38.9 Å². The van der Waals surface area contributed by atoms with Gasteiger partial charge in [0.25, 0.3) is 5.91 Å². The van der Waals surface area contributed by atoms with Crippen LogP contribution in [-0.2, 0) is 24.3 Å². The molecular formula is C29H28FN3O3S2. The standard InChI is InChI=1S/C29H28FN3O3S2/c1-17-12-19(6-9-25(17)38-37-3)16-36-29(35)33(2)15-18-4-7-20(8-5-18)27-22-10-11-31-28(34)23-13-21(30)14-24(32-27)26(22)23/h4-9,12-14,32H,10-11,15-16H2,1-3H3,(H,31,34). The van der Waals surface area contributed by atoms with Crippen molar-refractivity contribution in [3.05, 3.63) is 88.2 Å². The number of aromatic amines is 1. The molecule has 0 saturated carbocycles. The molecule has 6 nitrogen and oxygen atoms in total. The first-order valence-corrected chi connectivity index (χ1v) is 14.8. The lowest BCUT2D eigenvalue weighted by Gasteiger charge is -2.17. The Hall–Kier alpha value is -3.43. The van der Waals surface area contributed by atoms with Gasteiger partial charge in [-0.15, -0.1) is 0 Å². The van der Waals surface area contributed by atoms with Gasteiger partial charge >= 0.3 is 6.09 Å². The number of ether oxygens (including phenoxy) is 1. The summed E-state index contributed by atoms with van der Waals surface area (Å²) in [5, 5.41) is 3.62. The average molecular weight is 550 g/mol. The first-order chi connectivity index (χ1) is 18.3. The Labute approximate surface area is 228 Å². The summed E-state index contributed by atoms with van der Waals surface area (Å²) in [5.41, 5.74) is 6.85. The van der Waals surface area contributed by atoms with Crippen LogP contribution >= 0.6 is 21.6 Å². The second kappa shape index (κ2) is 11.1. The number of carbonyl (C=O) groups excluding carboxylic acids is 2. The molecule has 0 fully saturated rings. The fraction of sp³-hybridized carbons (Fsp3) is 0.241. The van der Waals surface area contributed by atoms with Gasteiger partial charge in [0.15, 0.2) is 0 Å². The van der Waals surface area contributed by atoms with Crippen LogP contribution in [0.3, 0.4) is 0 Å². The molecule has 0 bridgehead atoms. The lowest BCUT2D eigenvalue weighted by atomic mass is 9.99. The Morgan fingerprint density at radius 2 is 1.87 bits per heavy atom. The Morgan fingerprint density at radius 1 is 1.11 bits per heavy atom. The Morgan fingerprint density at radius 3 is 2.61 bits per heavy atom. The third kappa shape index (κ3) is 5.39. The highest BCUT2D eigenvalue weighted by molar-refractivity contribution is 8.76. The fourth-order valence-corrected chi connectivity index (χ4v) is 6.39. The van der Waals surface area contributed by atoms with E-state index in [1.807, 2.05) is 42.7 Å². The maximum atomic E-state index is 14.2. The maximum Gasteiger partial charge on any atom is 0.410 e. The van der Waals surface area contributed by atoms with Crippen molar-refractivity contribution in [3.8, 4) is 11.3 Å². The molecule has 0 spiro atoms. The van der Waals surface area contributed by atoms with E-state index in [9.17, 15) is 14.0 Å². The highest BCUT2D eigenvalue weighted by Crippen LogP contribution is 2.35. The molecule has 2 heterocycles. The number of hydrogen-bond acceptors (Lipinski definition) is 5. The molecule has 0 saturated heterocycles. The van der Waals surface area contributed by atoms with E-state index < -0.39 is 11.9 Å². The minimum absolute atomic E-state index is 0.219. The molecule has 1 aliphatic rings. The highest BCUT2D eigenvalue weighted by Gasteiger charge is 2.23. The minimum atomic E-state index is -0.448. The number of nitrogens with zero attached hydrogens (tertiary/aromatic N) is 1. The quantitative estimate of drug-likeness (QED) is 0.251. The van der Waals surface area contributed by atoms with Gasteiger partial charge in [0.1, 0.15) is 12.4 Å². The van der Waals surface area contributed by atoms with E-state index in [4.69, 9.17) is 4.74 Å². The Balaban J connectivity index is 1.27. The van der Waals surface area contributed by atoms with Gasteiger partial charge in [-0.05, 0) is 65.6 Å². The molecule has 5 rings (SSSR count). The van der Waals surface area contributed by atoms with E-state index in [1.54, 1.807) is 33.5 Å². The molecule has 1 aromatic heterocycles. The zero-order chi connectivity index (χ0) is 26.8. The van der Waals surface area contributed by atoms with Crippen LogP contribution in [0.25, 0.3) is 22.2 Å². The molecule has 2 amide bonds. The molecule has 1 aliphatic heterocycles. The smallest absolute Gasteiger partial charge is 0.410 e. The summed E-state index contributed by atoms with van der Waals surface area (Å²) >= 11 is 0. The molecule has 0 atom stereocenters. The summed E-state index contributed by atoms with van der Waals surface area (Å²) in [4.78, 5) is 31.1. The highest BCUT2D eigenvalue weighted by atomic mass is 33.1. The summed E-state index contributed by atoms with van der Waals surface area (Å²) in [6, 6.07) is 16.7. The second-order valence-electron chi connectivity index (χ2n) is 9.32. The van der Waals surface area contributed by atoms with Gasteiger partial charge in [0.05, 0.1) is 5.56 Å². The van der Waals surface area contributed by atoms with Crippen LogP contribution in [0.4, 0.5) is 9.18 Å². The molecule has 3 aromatic carbocycles. The van der Waals surface area contributed by atoms with Gasteiger partial charge in [0, 0.05) is 41.6 Å². The number of H-pyrrole nitrogens is 1. The van der Waals surface area contributed by atoms with Gasteiger partial charge in [-0.3, -0.25) is 4.79 Å². The summed E-state index contributed by atoms with van der Waals surface area (Å²) in [6.07, 6.45) is 2.30. The first kappa shape index (κ1) is 26.2. The summed E-state index contributed by atoms with van der Waals surface area (Å²) in [6.45, 7) is 3.16. The van der Waals surface area contributed by atoms with Gasteiger partial charge < -0.3 is 19.9 Å². The number of aromatic nitrogens is 1. The van der Waals surface area contributed by atoms with Crippen molar-refractivity contribution < 1.29 is 18.7 Å². The molecule has 4 aromatic rings. The van der Waals surface area contributed by atoms with Crippen molar-refractivity contribution >= 4 is 44.5 Å². The fourth-order valence-electron chi connectivity index (χ4n) is 4.79. The summed E-state index contributed by atoms with van der Waals surface area (Å²) in [7, 11) is 5.13. The van der Waals surface area contributed by atoms with Crippen LogP contribution in [0.5, 0.6) is 0 Å². The molecule has 9 heteroatoms. The van der Waals surface area contributed by atoms with E-state index in [2.05, 4.69) is 23.3 Å². The molecule has 38 heavy (non-hydrogen) atoms. The predicted octanol–water partition coefficient (Wildman–Crippen LogP) is 6.71. The number of carbonyl (C=O) groups is 2. The van der Waals surface area contributed by atoms with Crippen LogP contribution in [-0.4, -0.2) is 41.7 Å². The van der Waals surface area contributed by atoms with E-state index in [1.165, 1.54) is 17.0 Å². The number of amides is 2. The van der Waals surface area contributed by atoms with Gasteiger partial charge in [-0.25, -0.2) is 9.18 Å². The second-order valence-corrected chi connectivity index (χ2v) is 11.8. The number of halogens is 1. The molecule has 0 unspecified atom stereocenters.